The van der Waals surface area contributed by atoms with Crippen molar-refractivity contribution >= 4 is 23.2 Å². The lowest BCUT2D eigenvalue weighted by Gasteiger charge is -2.04. The third-order valence-corrected chi connectivity index (χ3v) is 2.74. The van der Waals surface area contributed by atoms with Gasteiger partial charge >= 0.3 is 0 Å². The molecule has 0 aromatic heterocycles. The van der Waals surface area contributed by atoms with Gasteiger partial charge in [-0.25, -0.2) is 0 Å². The van der Waals surface area contributed by atoms with Crippen LogP contribution >= 0.6 is 11.6 Å². The minimum Gasteiger partial charge on any atom is -0.326 e. The molecule has 2 nitrogen and oxygen atoms in total. The van der Waals surface area contributed by atoms with Crippen molar-refractivity contribution in [1.82, 2.24) is 0 Å². The first-order valence-corrected chi connectivity index (χ1v) is 5.79. The lowest BCUT2D eigenvalue weighted by atomic mass is 10.1. The fourth-order valence-electron chi connectivity index (χ4n) is 1.45. The Morgan fingerprint density at radius 2 is 2.00 bits per heavy atom. The highest BCUT2D eigenvalue weighted by atomic mass is 35.5. The topological polar surface area (TPSA) is 29.1 Å². The maximum Gasteiger partial charge on any atom is 0.227 e. The molecule has 1 aromatic rings. The number of carbonyl (C=O) groups excluding carboxylic acids is 1. The van der Waals surface area contributed by atoms with Crippen LogP contribution in [0.5, 0.6) is 0 Å². The number of amides is 1. The third-order valence-electron chi connectivity index (χ3n) is 2.55. The molecule has 1 aliphatic carbocycles. The number of rotatable bonds is 4. The summed E-state index contributed by atoms with van der Waals surface area (Å²) in [6.45, 7) is 0. The van der Waals surface area contributed by atoms with Crippen LogP contribution < -0.4 is 5.32 Å². The van der Waals surface area contributed by atoms with Crippen molar-refractivity contribution in [3.05, 3.63) is 29.8 Å². The van der Waals surface area contributed by atoms with Crippen molar-refractivity contribution in [2.24, 2.45) is 5.92 Å². The van der Waals surface area contributed by atoms with Gasteiger partial charge in [-0.05, 0) is 37.0 Å². The van der Waals surface area contributed by atoms with Gasteiger partial charge in [0.1, 0.15) is 0 Å². The highest BCUT2D eigenvalue weighted by Crippen LogP contribution is 2.30. The molecule has 80 valence electrons. The molecule has 0 saturated heterocycles. The monoisotopic (exact) mass is 223 g/mol. The molecule has 15 heavy (non-hydrogen) atoms. The fourth-order valence-corrected chi connectivity index (χ4v) is 1.67. The molecule has 1 saturated carbocycles. The number of anilines is 1. The highest BCUT2D eigenvalue weighted by Gasteiger charge is 2.29. The van der Waals surface area contributed by atoms with Gasteiger partial charge < -0.3 is 5.32 Å². The Morgan fingerprint density at radius 3 is 2.53 bits per heavy atom. The number of alkyl halides is 1. The second kappa shape index (κ2) is 4.67. The molecular weight excluding hydrogens is 210 g/mol. The van der Waals surface area contributed by atoms with E-state index in [0.717, 1.165) is 24.9 Å². The van der Waals surface area contributed by atoms with Gasteiger partial charge in [0, 0.05) is 17.5 Å². The van der Waals surface area contributed by atoms with Gasteiger partial charge in [-0.15, -0.1) is 11.6 Å². The highest BCUT2D eigenvalue weighted by molar-refractivity contribution is 6.17. The Labute approximate surface area is 94.6 Å². The SMILES string of the molecule is O=C(Nc1ccc(CCCl)cc1)C1CC1. The molecule has 1 aliphatic rings. The van der Waals surface area contributed by atoms with Crippen LogP contribution in [0.3, 0.4) is 0 Å². The van der Waals surface area contributed by atoms with Crippen molar-refractivity contribution in [3.63, 3.8) is 0 Å². The molecule has 0 radical (unpaired) electrons. The zero-order chi connectivity index (χ0) is 10.7. The summed E-state index contributed by atoms with van der Waals surface area (Å²) in [6.07, 6.45) is 2.95. The van der Waals surface area contributed by atoms with Crippen molar-refractivity contribution in [1.29, 1.82) is 0 Å². The van der Waals surface area contributed by atoms with Crippen LogP contribution in [0.25, 0.3) is 0 Å². The van der Waals surface area contributed by atoms with Crippen LogP contribution in [0.2, 0.25) is 0 Å². The molecule has 1 aromatic carbocycles. The zero-order valence-electron chi connectivity index (χ0n) is 8.50. The molecule has 1 N–H and O–H groups in total. The first kappa shape index (κ1) is 10.5. The standard InChI is InChI=1S/C12H14ClNO/c13-8-7-9-1-5-11(6-2-9)14-12(15)10-3-4-10/h1-2,5-6,10H,3-4,7-8H2,(H,14,15). The molecule has 0 atom stereocenters. The second-order valence-electron chi connectivity index (χ2n) is 3.90. The average molecular weight is 224 g/mol. The van der Waals surface area contributed by atoms with Crippen molar-refractivity contribution in [2.45, 2.75) is 19.3 Å². The summed E-state index contributed by atoms with van der Waals surface area (Å²) < 4.78 is 0. The molecule has 0 bridgehead atoms. The van der Waals surface area contributed by atoms with Crippen LogP contribution in [0.15, 0.2) is 24.3 Å². The van der Waals surface area contributed by atoms with E-state index in [0.29, 0.717) is 5.88 Å². The van der Waals surface area contributed by atoms with E-state index in [1.807, 2.05) is 24.3 Å². The first-order valence-electron chi connectivity index (χ1n) is 5.25. The minimum absolute atomic E-state index is 0.153. The fraction of sp³-hybridized carbons (Fsp3) is 0.417. The second-order valence-corrected chi connectivity index (χ2v) is 4.28. The Hall–Kier alpha value is -1.02. The van der Waals surface area contributed by atoms with E-state index in [9.17, 15) is 4.79 Å². The largest absolute Gasteiger partial charge is 0.326 e. The third kappa shape index (κ3) is 2.96. The average Bonchev–Trinajstić information content (AvgIpc) is 3.04. The van der Waals surface area contributed by atoms with Crippen molar-refractivity contribution in [2.75, 3.05) is 11.2 Å². The predicted molar refractivity (Wildman–Crippen MR) is 62.2 cm³/mol. The molecule has 1 amide bonds. The number of aryl methyl sites for hydroxylation is 1. The molecule has 0 aliphatic heterocycles. The summed E-state index contributed by atoms with van der Waals surface area (Å²) >= 11 is 5.64. The zero-order valence-corrected chi connectivity index (χ0v) is 9.26. The summed E-state index contributed by atoms with van der Waals surface area (Å²) in [5.41, 5.74) is 2.08. The normalized spacial score (nSPS) is 15.0. The Bertz CT molecular complexity index is 343. The van der Waals surface area contributed by atoms with Gasteiger partial charge in [-0.2, -0.15) is 0 Å². The predicted octanol–water partition coefficient (Wildman–Crippen LogP) is 2.82. The molecular formula is C12H14ClNO. The van der Waals surface area contributed by atoms with Crippen LogP contribution in [0, 0.1) is 5.92 Å². The number of nitrogens with one attached hydrogen (secondary N) is 1. The molecule has 2 rings (SSSR count). The van der Waals surface area contributed by atoms with E-state index in [1.54, 1.807) is 0 Å². The molecule has 1 fully saturated rings. The van der Waals surface area contributed by atoms with Gasteiger partial charge in [-0.1, -0.05) is 12.1 Å². The summed E-state index contributed by atoms with van der Waals surface area (Å²) in [5.74, 6) is 1.04. The summed E-state index contributed by atoms with van der Waals surface area (Å²) in [7, 11) is 0. The maximum absolute atomic E-state index is 11.5. The Balaban J connectivity index is 1.94. The van der Waals surface area contributed by atoms with Crippen LogP contribution in [-0.2, 0) is 11.2 Å². The van der Waals surface area contributed by atoms with Crippen LogP contribution in [0.4, 0.5) is 5.69 Å². The van der Waals surface area contributed by atoms with Crippen molar-refractivity contribution < 1.29 is 4.79 Å². The van der Waals surface area contributed by atoms with E-state index < -0.39 is 0 Å². The summed E-state index contributed by atoms with van der Waals surface area (Å²) in [4.78, 5) is 11.5. The van der Waals surface area contributed by atoms with Gasteiger partial charge in [0.05, 0.1) is 0 Å². The molecule has 0 spiro atoms. The van der Waals surface area contributed by atoms with Crippen LogP contribution in [0.1, 0.15) is 18.4 Å². The van der Waals surface area contributed by atoms with E-state index in [4.69, 9.17) is 11.6 Å². The maximum atomic E-state index is 11.5. The van der Waals surface area contributed by atoms with E-state index in [-0.39, 0.29) is 11.8 Å². The minimum atomic E-state index is 0.153. The summed E-state index contributed by atoms with van der Waals surface area (Å²) in [5, 5.41) is 2.90. The molecule has 0 unspecified atom stereocenters. The number of benzene rings is 1. The van der Waals surface area contributed by atoms with Gasteiger partial charge in [0.25, 0.3) is 0 Å². The summed E-state index contributed by atoms with van der Waals surface area (Å²) in [6, 6.07) is 7.88. The van der Waals surface area contributed by atoms with E-state index in [1.165, 1.54) is 5.56 Å². The van der Waals surface area contributed by atoms with Crippen molar-refractivity contribution in [3.8, 4) is 0 Å². The lowest BCUT2D eigenvalue weighted by Crippen LogP contribution is -2.13. The van der Waals surface area contributed by atoms with Crippen LogP contribution in [-0.4, -0.2) is 11.8 Å². The smallest absolute Gasteiger partial charge is 0.227 e. The van der Waals surface area contributed by atoms with Gasteiger partial charge in [-0.3, -0.25) is 4.79 Å². The Morgan fingerprint density at radius 1 is 1.33 bits per heavy atom. The molecule has 3 heteroatoms. The number of halogens is 1. The van der Waals surface area contributed by atoms with Gasteiger partial charge in [0.15, 0.2) is 0 Å². The number of hydrogen-bond acceptors (Lipinski definition) is 1. The number of hydrogen-bond donors (Lipinski definition) is 1. The first-order chi connectivity index (χ1) is 7.29. The Kier molecular flexibility index (Phi) is 3.27. The lowest BCUT2D eigenvalue weighted by molar-refractivity contribution is -0.117. The van der Waals surface area contributed by atoms with Gasteiger partial charge in [0.2, 0.25) is 5.91 Å². The quantitative estimate of drug-likeness (QED) is 0.782. The number of carbonyl (C=O) groups is 1. The van der Waals surface area contributed by atoms with E-state index in [2.05, 4.69) is 5.32 Å². The van der Waals surface area contributed by atoms with E-state index >= 15 is 0 Å². The molecule has 0 heterocycles.